The molecule has 4 nitrogen and oxygen atoms in total. The molecule has 1 rings (SSSR count). The van der Waals surface area contributed by atoms with Crippen LogP contribution < -0.4 is 0 Å². The molecule has 0 fully saturated rings. The first-order chi connectivity index (χ1) is 7.77. The summed E-state index contributed by atoms with van der Waals surface area (Å²) in [5.41, 5.74) is -0.841. The van der Waals surface area contributed by atoms with Crippen LogP contribution in [0.25, 0.3) is 0 Å². The maximum Gasteiger partial charge on any atom is 0.432 e. The summed E-state index contributed by atoms with van der Waals surface area (Å²) in [6, 6.07) is 0. The number of likely N-dealkylation sites (N-methyl/N-ethyl adjacent to an activating group) is 1. The third-order valence-corrected chi connectivity index (χ3v) is 2.30. The Morgan fingerprint density at radius 1 is 1.65 bits per heavy atom. The first-order valence-electron chi connectivity index (χ1n) is 4.72. The first-order valence-corrected chi connectivity index (χ1v) is 4.72. The van der Waals surface area contributed by atoms with Crippen LogP contribution >= 0.6 is 0 Å². The van der Waals surface area contributed by atoms with Crippen molar-refractivity contribution in [2.24, 2.45) is 7.05 Å². The lowest BCUT2D eigenvalue weighted by molar-refractivity contribution is -0.143. The highest BCUT2D eigenvalue weighted by Gasteiger charge is 2.35. The topological polar surface area (TPSA) is 38.1 Å². The van der Waals surface area contributed by atoms with E-state index in [-0.39, 0.29) is 18.3 Å². The summed E-state index contributed by atoms with van der Waals surface area (Å²) < 4.78 is 38.3. The van der Waals surface area contributed by atoms with E-state index < -0.39 is 11.9 Å². The summed E-state index contributed by atoms with van der Waals surface area (Å²) in [7, 11) is 2.73. The molecule has 0 aliphatic carbocycles. The van der Waals surface area contributed by atoms with E-state index in [4.69, 9.17) is 0 Å². The van der Waals surface area contributed by atoms with Gasteiger partial charge in [0.1, 0.15) is 11.5 Å². The third kappa shape index (κ3) is 2.86. The van der Waals surface area contributed by atoms with Crippen LogP contribution in [-0.2, 0) is 24.6 Å². The second kappa shape index (κ2) is 4.60. The molecule has 17 heavy (non-hydrogen) atoms. The van der Waals surface area contributed by atoms with Crippen LogP contribution in [0.1, 0.15) is 11.5 Å². The predicted molar refractivity (Wildman–Crippen MR) is 54.9 cm³/mol. The Labute approximate surface area is 96.4 Å². The van der Waals surface area contributed by atoms with E-state index >= 15 is 0 Å². The van der Waals surface area contributed by atoms with E-state index in [0.717, 1.165) is 16.8 Å². The summed E-state index contributed by atoms with van der Waals surface area (Å²) in [4.78, 5) is 16.1. The molecule has 1 aromatic heterocycles. The highest BCUT2D eigenvalue weighted by molar-refractivity contribution is 5.86. The van der Waals surface area contributed by atoms with Crippen molar-refractivity contribution in [3.05, 3.63) is 30.4 Å². The van der Waals surface area contributed by atoms with Gasteiger partial charge in [0.15, 0.2) is 0 Å². The van der Waals surface area contributed by atoms with Crippen LogP contribution in [0, 0.1) is 0 Å². The van der Waals surface area contributed by atoms with Crippen LogP contribution in [0.4, 0.5) is 13.2 Å². The van der Waals surface area contributed by atoms with Gasteiger partial charge in [0, 0.05) is 14.1 Å². The Kier molecular flexibility index (Phi) is 3.59. The zero-order valence-electron chi connectivity index (χ0n) is 9.45. The van der Waals surface area contributed by atoms with Crippen LogP contribution in [0.3, 0.4) is 0 Å². The van der Waals surface area contributed by atoms with Gasteiger partial charge >= 0.3 is 6.18 Å². The minimum Gasteiger partial charge on any atom is -0.335 e. The van der Waals surface area contributed by atoms with Gasteiger partial charge in [-0.3, -0.25) is 4.79 Å². The molecular formula is C10H12F3N3O. The van der Waals surface area contributed by atoms with Gasteiger partial charge in [-0.1, -0.05) is 6.58 Å². The number of imidazole rings is 1. The van der Waals surface area contributed by atoms with Crippen LogP contribution in [0.15, 0.2) is 18.9 Å². The van der Waals surface area contributed by atoms with Crippen molar-refractivity contribution < 1.29 is 18.0 Å². The van der Waals surface area contributed by atoms with Gasteiger partial charge in [-0.25, -0.2) is 4.98 Å². The minimum atomic E-state index is -4.44. The second-order valence-electron chi connectivity index (χ2n) is 3.51. The van der Waals surface area contributed by atoms with Crippen molar-refractivity contribution in [1.82, 2.24) is 14.5 Å². The number of hydrogen-bond donors (Lipinski definition) is 0. The van der Waals surface area contributed by atoms with E-state index in [1.807, 2.05) is 0 Å². The van der Waals surface area contributed by atoms with Gasteiger partial charge < -0.3 is 9.47 Å². The normalized spacial score (nSPS) is 11.4. The maximum atomic E-state index is 12.5. The Bertz CT molecular complexity index is 436. The molecule has 0 bridgehead atoms. The van der Waals surface area contributed by atoms with E-state index in [1.54, 1.807) is 0 Å². The van der Waals surface area contributed by atoms with E-state index in [9.17, 15) is 18.0 Å². The van der Waals surface area contributed by atoms with Gasteiger partial charge in [-0.15, -0.1) is 0 Å². The number of halogens is 3. The largest absolute Gasteiger partial charge is 0.432 e. The number of alkyl halides is 3. The number of carbonyl (C=O) groups is 1. The number of hydrogen-bond acceptors (Lipinski definition) is 2. The smallest absolute Gasteiger partial charge is 0.335 e. The highest BCUT2D eigenvalue weighted by Crippen LogP contribution is 2.29. The lowest BCUT2D eigenvalue weighted by atomic mass is 10.4. The van der Waals surface area contributed by atoms with Crippen molar-refractivity contribution in [3.63, 3.8) is 0 Å². The molecule has 0 N–H and O–H groups in total. The van der Waals surface area contributed by atoms with Crippen molar-refractivity contribution in [1.29, 1.82) is 0 Å². The molecule has 1 aromatic rings. The molecule has 0 aromatic carbocycles. The Morgan fingerprint density at radius 3 is 2.65 bits per heavy atom. The lowest BCUT2D eigenvalue weighted by Crippen LogP contribution is -2.26. The van der Waals surface area contributed by atoms with E-state index in [0.29, 0.717) is 0 Å². The number of nitrogens with zero attached hydrogens (tertiary/aromatic N) is 3. The Hall–Kier alpha value is -1.79. The van der Waals surface area contributed by atoms with Crippen molar-refractivity contribution >= 4 is 5.91 Å². The first kappa shape index (κ1) is 13.3. The number of carbonyl (C=O) groups excluding carboxylic acids is 1. The van der Waals surface area contributed by atoms with Gasteiger partial charge in [-0.2, -0.15) is 13.2 Å². The molecule has 0 saturated heterocycles. The molecular weight excluding hydrogens is 235 g/mol. The monoisotopic (exact) mass is 247 g/mol. The molecule has 1 heterocycles. The van der Waals surface area contributed by atoms with Gasteiger partial charge in [0.05, 0.1) is 12.7 Å². The minimum absolute atomic E-state index is 0.00255. The van der Waals surface area contributed by atoms with E-state index in [1.165, 1.54) is 19.0 Å². The molecule has 0 radical (unpaired) electrons. The molecule has 0 aliphatic heterocycles. The molecule has 0 unspecified atom stereocenters. The van der Waals surface area contributed by atoms with Gasteiger partial charge in [-0.05, 0) is 6.08 Å². The summed E-state index contributed by atoms with van der Waals surface area (Å²) >= 11 is 0. The fourth-order valence-electron chi connectivity index (χ4n) is 1.30. The second-order valence-corrected chi connectivity index (χ2v) is 3.51. The van der Waals surface area contributed by atoms with Crippen molar-refractivity contribution in [3.8, 4) is 0 Å². The average Bonchev–Trinajstić information content (AvgIpc) is 2.58. The molecule has 0 saturated carbocycles. The summed E-state index contributed by atoms with van der Waals surface area (Å²) in [5.74, 6) is -0.211. The number of aromatic nitrogens is 2. The van der Waals surface area contributed by atoms with Crippen molar-refractivity contribution in [2.45, 2.75) is 12.7 Å². The average molecular weight is 247 g/mol. The summed E-state index contributed by atoms with van der Waals surface area (Å²) in [5, 5.41) is 0. The SMILES string of the molecule is C=CC(=O)N(C)Cc1ncc(C(F)(F)F)n1C. The Balaban J connectivity index is 2.91. The van der Waals surface area contributed by atoms with Gasteiger partial charge in [0.2, 0.25) is 5.91 Å². The number of amides is 1. The van der Waals surface area contributed by atoms with E-state index in [2.05, 4.69) is 11.6 Å². The lowest BCUT2D eigenvalue weighted by Gasteiger charge is -2.15. The molecule has 7 heteroatoms. The van der Waals surface area contributed by atoms with Crippen LogP contribution in [0.2, 0.25) is 0 Å². The van der Waals surface area contributed by atoms with Crippen molar-refractivity contribution in [2.75, 3.05) is 7.05 Å². The zero-order valence-corrected chi connectivity index (χ0v) is 9.45. The molecule has 0 aliphatic rings. The highest BCUT2D eigenvalue weighted by atomic mass is 19.4. The van der Waals surface area contributed by atoms with Gasteiger partial charge in [0.25, 0.3) is 0 Å². The fourth-order valence-corrected chi connectivity index (χ4v) is 1.30. The maximum absolute atomic E-state index is 12.5. The molecule has 94 valence electrons. The summed E-state index contributed by atoms with van der Waals surface area (Å²) in [6.07, 6.45) is -2.60. The molecule has 0 atom stereocenters. The fraction of sp³-hybridized carbons (Fsp3) is 0.400. The standard InChI is InChI=1S/C10H12F3N3O/c1-4-9(17)15(2)6-8-14-5-7(16(8)3)10(11,12)13/h4-5H,1,6H2,2-3H3. The predicted octanol–water partition coefficient (Wildman–Crippen LogP) is 1.58. The molecule has 1 amide bonds. The quantitative estimate of drug-likeness (QED) is 0.761. The van der Waals surface area contributed by atoms with Crippen LogP contribution in [0.5, 0.6) is 0 Å². The number of rotatable bonds is 3. The summed E-state index contributed by atoms with van der Waals surface area (Å²) in [6.45, 7) is 3.29. The molecule has 0 spiro atoms. The third-order valence-electron chi connectivity index (χ3n) is 2.30. The zero-order chi connectivity index (χ0) is 13.2. The Morgan fingerprint density at radius 2 is 2.24 bits per heavy atom. The van der Waals surface area contributed by atoms with Crippen LogP contribution in [-0.4, -0.2) is 27.4 Å².